The topological polar surface area (TPSA) is 174 Å². The Balaban J connectivity index is 4.04. The summed E-state index contributed by atoms with van der Waals surface area (Å²) in [6, 6.07) is 0. The van der Waals surface area contributed by atoms with Crippen LogP contribution in [0.25, 0.3) is 0 Å². The SMILES string of the molecule is C[N+](C)(C)CCOC(=O)CCCCOC(=O)CCCCOC(CC(=O)O)(CC(=O)O)C(=O)O. The number of ether oxygens (including phenoxy) is 3. The van der Waals surface area contributed by atoms with Crippen molar-refractivity contribution in [3.8, 4) is 0 Å². The second-order valence-corrected chi connectivity index (χ2v) is 8.66. The average Bonchev–Trinajstić information content (AvgIpc) is 2.65. The van der Waals surface area contributed by atoms with Crippen LogP contribution in [0, 0.1) is 0 Å². The highest BCUT2D eigenvalue weighted by atomic mass is 16.5. The molecule has 0 aromatic heterocycles. The van der Waals surface area contributed by atoms with Gasteiger partial charge >= 0.3 is 29.8 Å². The van der Waals surface area contributed by atoms with E-state index in [9.17, 15) is 29.1 Å². The van der Waals surface area contributed by atoms with Gasteiger partial charge in [0.1, 0.15) is 13.2 Å². The fourth-order valence-electron chi connectivity index (χ4n) is 2.64. The van der Waals surface area contributed by atoms with Gasteiger partial charge in [-0.3, -0.25) is 19.2 Å². The van der Waals surface area contributed by atoms with E-state index in [0.717, 1.165) is 0 Å². The molecule has 0 rings (SSSR count). The summed E-state index contributed by atoms with van der Waals surface area (Å²) in [5.74, 6) is -5.44. The van der Waals surface area contributed by atoms with E-state index in [1.807, 2.05) is 21.1 Å². The minimum absolute atomic E-state index is 0.0361. The number of likely N-dealkylation sites (N-methyl/N-ethyl adjacent to an activating group) is 1. The third-order valence-corrected chi connectivity index (χ3v) is 4.48. The largest absolute Gasteiger partial charge is 0.481 e. The maximum atomic E-state index is 11.7. The average molecular weight is 479 g/mol. The Morgan fingerprint density at radius 1 is 0.697 bits per heavy atom. The minimum Gasteiger partial charge on any atom is -0.481 e. The third kappa shape index (κ3) is 15.7. The molecule has 0 heterocycles. The Bertz CT molecular complexity index is 654. The van der Waals surface area contributed by atoms with Gasteiger partial charge in [0.05, 0.1) is 40.6 Å². The molecule has 0 saturated heterocycles. The van der Waals surface area contributed by atoms with Crippen LogP contribution in [0.5, 0.6) is 0 Å². The second kappa shape index (κ2) is 15.2. The smallest absolute Gasteiger partial charge is 0.337 e. The molecule has 0 aliphatic heterocycles. The zero-order valence-corrected chi connectivity index (χ0v) is 19.5. The zero-order chi connectivity index (χ0) is 25.5. The number of nitrogens with zero attached hydrogens (tertiary/aromatic N) is 1. The number of aliphatic carboxylic acids is 3. The predicted octanol–water partition coefficient (Wildman–Crippen LogP) is 0.909. The van der Waals surface area contributed by atoms with Crippen molar-refractivity contribution in [2.75, 3.05) is 47.5 Å². The lowest BCUT2D eigenvalue weighted by atomic mass is 9.95. The molecule has 0 aliphatic carbocycles. The van der Waals surface area contributed by atoms with Gasteiger partial charge in [0, 0.05) is 19.4 Å². The summed E-state index contributed by atoms with van der Waals surface area (Å²) < 4.78 is 16.0. The lowest BCUT2D eigenvalue weighted by molar-refractivity contribution is -0.870. The minimum atomic E-state index is -2.37. The number of esters is 2. The maximum absolute atomic E-state index is 11.7. The summed E-state index contributed by atoms with van der Waals surface area (Å²) in [6.07, 6.45) is -0.201. The van der Waals surface area contributed by atoms with E-state index in [4.69, 9.17) is 24.4 Å². The first kappa shape index (κ1) is 30.3. The number of hydrogen-bond acceptors (Lipinski definition) is 8. The van der Waals surface area contributed by atoms with Crippen LogP contribution in [-0.4, -0.2) is 103 Å². The molecule has 0 aromatic carbocycles. The molecule has 12 heteroatoms. The Morgan fingerprint density at radius 2 is 1.15 bits per heavy atom. The number of hydrogen-bond donors (Lipinski definition) is 3. The molecule has 0 aliphatic rings. The summed E-state index contributed by atoms with van der Waals surface area (Å²) >= 11 is 0. The normalized spacial score (nSPS) is 11.6. The van der Waals surface area contributed by atoms with Crippen molar-refractivity contribution in [3.63, 3.8) is 0 Å². The number of carbonyl (C=O) groups is 5. The molecule has 0 atom stereocenters. The van der Waals surface area contributed by atoms with E-state index in [1.54, 1.807) is 0 Å². The van der Waals surface area contributed by atoms with Crippen LogP contribution in [0.2, 0.25) is 0 Å². The molecule has 0 aromatic rings. The van der Waals surface area contributed by atoms with Gasteiger partial charge in [-0.15, -0.1) is 0 Å². The summed E-state index contributed by atoms with van der Waals surface area (Å²) in [5, 5.41) is 27.0. The van der Waals surface area contributed by atoms with Crippen LogP contribution in [0.3, 0.4) is 0 Å². The van der Waals surface area contributed by atoms with Crippen LogP contribution in [0.4, 0.5) is 0 Å². The highest BCUT2D eigenvalue weighted by Gasteiger charge is 2.44. The molecule has 0 spiro atoms. The highest BCUT2D eigenvalue weighted by Crippen LogP contribution is 2.23. The first-order chi connectivity index (χ1) is 15.3. The molecular formula is C21H36NO11+. The number of carboxylic acid groups (broad SMARTS) is 3. The molecule has 0 fully saturated rings. The fourth-order valence-corrected chi connectivity index (χ4v) is 2.64. The lowest BCUT2D eigenvalue weighted by Gasteiger charge is -2.26. The Morgan fingerprint density at radius 3 is 1.58 bits per heavy atom. The zero-order valence-electron chi connectivity index (χ0n) is 19.5. The molecule has 0 amide bonds. The molecule has 33 heavy (non-hydrogen) atoms. The van der Waals surface area contributed by atoms with Gasteiger partial charge in [0.25, 0.3) is 0 Å². The van der Waals surface area contributed by atoms with Crippen LogP contribution in [0.15, 0.2) is 0 Å². The first-order valence-corrected chi connectivity index (χ1v) is 10.7. The van der Waals surface area contributed by atoms with E-state index >= 15 is 0 Å². The molecule has 0 bridgehead atoms. The summed E-state index contributed by atoms with van der Waals surface area (Å²) in [5.41, 5.74) is -2.37. The molecule has 12 nitrogen and oxygen atoms in total. The molecule has 3 N–H and O–H groups in total. The Labute approximate surface area is 193 Å². The van der Waals surface area contributed by atoms with Crippen molar-refractivity contribution >= 4 is 29.8 Å². The van der Waals surface area contributed by atoms with Gasteiger partial charge < -0.3 is 34.0 Å². The molecular weight excluding hydrogens is 442 g/mol. The number of carbonyl (C=O) groups excluding carboxylic acids is 2. The maximum Gasteiger partial charge on any atom is 0.337 e. The Hall–Kier alpha value is -2.73. The van der Waals surface area contributed by atoms with Gasteiger partial charge in [-0.1, -0.05) is 0 Å². The molecule has 190 valence electrons. The van der Waals surface area contributed by atoms with Crippen molar-refractivity contribution in [2.24, 2.45) is 0 Å². The van der Waals surface area contributed by atoms with E-state index in [-0.39, 0.29) is 44.9 Å². The van der Waals surface area contributed by atoms with Gasteiger partial charge in [0.15, 0.2) is 5.60 Å². The van der Waals surface area contributed by atoms with Gasteiger partial charge in [-0.2, -0.15) is 0 Å². The fraction of sp³-hybridized carbons (Fsp3) is 0.762. The van der Waals surface area contributed by atoms with E-state index in [2.05, 4.69) is 0 Å². The van der Waals surface area contributed by atoms with Crippen molar-refractivity contribution in [1.82, 2.24) is 0 Å². The number of rotatable bonds is 19. The van der Waals surface area contributed by atoms with Gasteiger partial charge in [-0.05, 0) is 25.7 Å². The third-order valence-electron chi connectivity index (χ3n) is 4.48. The van der Waals surface area contributed by atoms with Crippen LogP contribution in [-0.2, 0) is 38.2 Å². The van der Waals surface area contributed by atoms with Gasteiger partial charge in [-0.25, -0.2) is 4.79 Å². The van der Waals surface area contributed by atoms with Crippen LogP contribution in [0.1, 0.15) is 51.4 Å². The highest BCUT2D eigenvalue weighted by molar-refractivity contribution is 5.88. The quantitative estimate of drug-likeness (QED) is 0.137. The van der Waals surface area contributed by atoms with Crippen molar-refractivity contribution in [3.05, 3.63) is 0 Å². The van der Waals surface area contributed by atoms with E-state index < -0.39 is 42.3 Å². The molecule has 0 saturated carbocycles. The van der Waals surface area contributed by atoms with Crippen LogP contribution < -0.4 is 0 Å². The molecule has 0 radical (unpaired) electrons. The van der Waals surface area contributed by atoms with E-state index in [0.29, 0.717) is 30.5 Å². The van der Waals surface area contributed by atoms with Crippen molar-refractivity contribution < 1.29 is 58.0 Å². The summed E-state index contributed by atoms with van der Waals surface area (Å²) in [7, 11) is 5.99. The standard InChI is InChI=1S/C21H35NO11/c1-22(2,3)10-13-32-19(28)8-4-6-11-31-18(27)9-5-7-12-33-21(20(29)30,14-16(23)24)15-17(25)26/h4-15H2,1-3H3,(H2-,23,24,25,26,29,30)/p+1. The summed E-state index contributed by atoms with van der Waals surface area (Å²) in [4.78, 5) is 56.6. The van der Waals surface area contributed by atoms with Crippen LogP contribution >= 0.6 is 0 Å². The number of quaternary nitrogens is 1. The summed E-state index contributed by atoms with van der Waals surface area (Å²) in [6.45, 7) is 0.989. The lowest BCUT2D eigenvalue weighted by Crippen LogP contribution is -2.45. The van der Waals surface area contributed by atoms with Gasteiger partial charge in [0.2, 0.25) is 0 Å². The number of carboxylic acids is 3. The monoisotopic (exact) mass is 478 g/mol. The predicted molar refractivity (Wildman–Crippen MR) is 113 cm³/mol. The van der Waals surface area contributed by atoms with E-state index in [1.165, 1.54) is 0 Å². The number of unbranched alkanes of at least 4 members (excludes halogenated alkanes) is 2. The Kier molecular flexibility index (Phi) is 13.9. The second-order valence-electron chi connectivity index (χ2n) is 8.66. The molecule has 0 unspecified atom stereocenters. The first-order valence-electron chi connectivity index (χ1n) is 10.7. The van der Waals surface area contributed by atoms with Crippen molar-refractivity contribution in [2.45, 2.75) is 57.0 Å². The van der Waals surface area contributed by atoms with Crippen molar-refractivity contribution in [1.29, 1.82) is 0 Å².